The van der Waals surface area contributed by atoms with Crippen molar-refractivity contribution in [2.45, 2.75) is 23.5 Å². The third-order valence-corrected chi connectivity index (χ3v) is 6.96. The molecule has 0 aliphatic heterocycles. The molecule has 4 N–H and O–H groups in total. The number of carbonyl (C=O) groups is 4. The molecule has 0 aromatic heterocycles. The summed E-state index contributed by atoms with van der Waals surface area (Å²) in [6.45, 7) is 1.91. The smallest absolute Gasteiger partial charge is 0.336 e. The van der Waals surface area contributed by atoms with Crippen molar-refractivity contribution in [2.75, 3.05) is 10.6 Å². The summed E-state index contributed by atoms with van der Waals surface area (Å²) in [6.07, 6.45) is 0.579. The van der Waals surface area contributed by atoms with Gasteiger partial charge in [-0.1, -0.05) is 13.0 Å². The molecule has 0 fully saturated rings. The fourth-order valence-corrected chi connectivity index (χ4v) is 4.51. The molecule has 0 spiro atoms. The molecular formula is C25H21IN2O6S. The lowest BCUT2D eigenvalue weighted by Crippen LogP contribution is -2.24. The molecule has 10 heteroatoms. The van der Waals surface area contributed by atoms with Crippen LogP contribution in [0.1, 0.15) is 44.4 Å². The number of aromatic carboxylic acids is 2. The van der Waals surface area contributed by atoms with E-state index in [2.05, 4.69) is 33.2 Å². The molecule has 1 unspecified atom stereocenters. The number of halogens is 1. The van der Waals surface area contributed by atoms with Gasteiger partial charge in [0.25, 0.3) is 5.91 Å². The highest BCUT2D eigenvalue weighted by molar-refractivity contribution is 14.1. The van der Waals surface area contributed by atoms with Gasteiger partial charge in [-0.15, -0.1) is 11.8 Å². The SMILES string of the molecule is CCC(Sc1cccc(NC(=O)c2ccc(C(=O)O)cc2C(=O)O)c1)C(=O)Nc1ccc(I)cc1. The highest BCUT2D eigenvalue weighted by Gasteiger charge is 2.21. The Kier molecular flexibility index (Phi) is 8.88. The number of anilines is 2. The van der Waals surface area contributed by atoms with Crippen LogP contribution in [0.3, 0.4) is 0 Å². The van der Waals surface area contributed by atoms with Crippen molar-refractivity contribution in [3.05, 3.63) is 87.0 Å². The van der Waals surface area contributed by atoms with Crippen LogP contribution in [0.2, 0.25) is 0 Å². The van der Waals surface area contributed by atoms with Crippen LogP contribution in [0.5, 0.6) is 0 Å². The molecular weight excluding hydrogens is 583 g/mol. The Morgan fingerprint density at radius 2 is 1.57 bits per heavy atom. The second-order valence-electron chi connectivity index (χ2n) is 7.36. The van der Waals surface area contributed by atoms with E-state index in [0.717, 1.165) is 14.5 Å². The Hall–Kier alpha value is -3.38. The normalized spacial score (nSPS) is 11.4. The Bertz CT molecular complexity index is 1280. The first kappa shape index (κ1) is 26.2. The number of carboxylic acid groups (broad SMARTS) is 2. The Morgan fingerprint density at radius 1 is 0.857 bits per heavy atom. The standard InChI is InChI=1S/C25H21IN2O6S/c1-2-21(23(30)27-16-9-7-15(26)8-10-16)35-18-5-3-4-17(13-18)28-22(29)19-11-6-14(24(31)32)12-20(19)25(33)34/h3-13,21H,2H2,1H3,(H,27,30)(H,28,29)(H,31,32)(H,33,34). The number of thioether (sulfide) groups is 1. The lowest BCUT2D eigenvalue weighted by molar-refractivity contribution is -0.115. The fraction of sp³-hybridized carbons (Fsp3) is 0.120. The van der Waals surface area contributed by atoms with Crippen LogP contribution >= 0.6 is 34.4 Å². The van der Waals surface area contributed by atoms with Gasteiger partial charge >= 0.3 is 11.9 Å². The average molecular weight is 604 g/mol. The molecule has 1 atom stereocenters. The maximum Gasteiger partial charge on any atom is 0.336 e. The first-order chi connectivity index (χ1) is 16.7. The molecule has 3 aromatic rings. The van der Waals surface area contributed by atoms with Gasteiger partial charge in [-0.05, 0) is 89.7 Å². The van der Waals surface area contributed by atoms with Crippen molar-refractivity contribution in [2.24, 2.45) is 0 Å². The van der Waals surface area contributed by atoms with Crippen molar-refractivity contribution in [1.29, 1.82) is 0 Å². The lowest BCUT2D eigenvalue weighted by Gasteiger charge is -2.16. The van der Waals surface area contributed by atoms with Crippen LogP contribution < -0.4 is 10.6 Å². The van der Waals surface area contributed by atoms with Crippen molar-refractivity contribution < 1.29 is 29.4 Å². The van der Waals surface area contributed by atoms with Gasteiger partial charge in [0.1, 0.15) is 0 Å². The first-order valence-corrected chi connectivity index (χ1v) is 12.4. The third-order valence-electron chi connectivity index (χ3n) is 4.89. The molecule has 3 aromatic carbocycles. The molecule has 3 rings (SSSR count). The molecule has 180 valence electrons. The maximum absolute atomic E-state index is 12.8. The molecule has 0 aliphatic carbocycles. The van der Waals surface area contributed by atoms with Crippen LogP contribution in [0.25, 0.3) is 0 Å². The van der Waals surface area contributed by atoms with Gasteiger partial charge < -0.3 is 20.8 Å². The molecule has 2 amide bonds. The van der Waals surface area contributed by atoms with E-state index in [1.165, 1.54) is 23.9 Å². The van der Waals surface area contributed by atoms with Crippen molar-refractivity contribution in [3.8, 4) is 0 Å². The summed E-state index contributed by atoms with van der Waals surface area (Å²) in [4.78, 5) is 48.9. The molecule has 0 aliphatic rings. The van der Waals surface area contributed by atoms with E-state index in [0.29, 0.717) is 17.8 Å². The quantitative estimate of drug-likeness (QED) is 0.189. The minimum atomic E-state index is -1.41. The summed E-state index contributed by atoms with van der Waals surface area (Å²) in [6, 6.07) is 17.6. The topological polar surface area (TPSA) is 133 Å². The van der Waals surface area contributed by atoms with Crippen molar-refractivity contribution in [1.82, 2.24) is 0 Å². The van der Waals surface area contributed by atoms with Crippen LogP contribution in [0, 0.1) is 3.57 Å². The average Bonchev–Trinajstić information content (AvgIpc) is 2.83. The van der Waals surface area contributed by atoms with Gasteiger partial charge in [-0.25, -0.2) is 9.59 Å². The van der Waals surface area contributed by atoms with Gasteiger partial charge in [0.05, 0.1) is 21.9 Å². The lowest BCUT2D eigenvalue weighted by atomic mass is 10.0. The molecule has 0 saturated heterocycles. The van der Waals surface area contributed by atoms with Gasteiger partial charge in [0.15, 0.2) is 0 Å². The minimum absolute atomic E-state index is 0.141. The summed E-state index contributed by atoms with van der Waals surface area (Å²) in [7, 11) is 0. The zero-order valence-electron chi connectivity index (χ0n) is 18.4. The number of rotatable bonds is 9. The van der Waals surface area contributed by atoms with E-state index in [-0.39, 0.29) is 22.3 Å². The molecule has 0 radical (unpaired) electrons. The van der Waals surface area contributed by atoms with Gasteiger partial charge in [-0.3, -0.25) is 9.59 Å². The number of hydrogen-bond donors (Lipinski definition) is 4. The second-order valence-corrected chi connectivity index (χ2v) is 9.89. The molecule has 0 bridgehead atoms. The molecule has 0 saturated carbocycles. The second kappa shape index (κ2) is 11.8. The highest BCUT2D eigenvalue weighted by Crippen LogP contribution is 2.29. The molecule has 35 heavy (non-hydrogen) atoms. The summed E-state index contributed by atoms with van der Waals surface area (Å²) in [5, 5.41) is 23.7. The summed E-state index contributed by atoms with van der Waals surface area (Å²) in [5.74, 6) is -3.53. The van der Waals surface area contributed by atoms with Crippen molar-refractivity contribution >= 4 is 69.5 Å². The number of hydrogen-bond acceptors (Lipinski definition) is 5. The largest absolute Gasteiger partial charge is 0.478 e. The van der Waals surface area contributed by atoms with E-state index >= 15 is 0 Å². The number of carbonyl (C=O) groups excluding carboxylic acids is 2. The number of carboxylic acids is 2. The Labute approximate surface area is 219 Å². The fourth-order valence-electron chi connectivity index (χ4n) is 3.14. The monoisotopic (exact) mass is 604 g/mol. The Balaban J connectivity index is 1.73. The zero-order chi connectivity index (χ0) is 25.5. The summed E-state index contributed by atoms with van der Waals surface area (Å²) < 4.78 is 1.06. The highest BCUT2D eigenvalue weighted by atomic mass is 127. The predicted molar refractivity (Wildman–Crippen MR) is 142 cm³/mol. The zero-order valence-corrected chi connectivity index (χ0v) is 21.4. The molecule has 0 heterocycles. The van der Waals surface area contributed by atoms with E-state index in [1.54, 1.807) is 18.2 Å². The van der Waals surface area contributed by atoms with Crippen LogP contribution in [0.15, 0.2) is 71.6 Å². The molecule has 8 nitrogen and oxygen atoms in total. The summed E-state index contributed by atoms with van der Waals surface area (Å²) >= 11 is 3.54. The summed E-state index contributed by atoms with van der Waals surface area (Å²) in [5.41, 5.74) is 0.312. The Morgan fingerprint density at radius 3 is 2.20 bits per heavy atom. The van der Waals surface area contributed by atoms with Gasteiger partial charge in [0, 0.05) is 19.8 Å². The van der Waals surface area contributed by atoms with Crippen molar-refractivity contribution in [3.63, 3.8) is 0 Å². The minimum Gasteiger partial charge on any atom is -0.478 e. The van der Waals surface area contributed by atoms with Crippen LogP contribution in [-0.2, 0) is 4.79 Å². The number of nitrogens with one attached hydrogen (secondary N) is 2. The van der Waals surface area contributed by atoms with Crippen LogP contribution in [0.4, 0.5) is 11.4 Å². The first-order valence-electron chi connectivity index (χ1n) is 10.4. The van der Waals surface area contributed by atoms with Gasteiger partial charge in [-0.2, -0.15) is 0 Å². The number of benzene rings is 3. The van der Waals surface area contributed by atoms with E-state index in [4.69, 9.17) is 5.11 Å². The maximum atomic E-state index is 12.8. The van der Waals surface area contributed by atoms with E-state index < -0.39 is 23.4 Å². The van der Waals surface area contributed by atoms with Gasteiger partial charge in [0.2, 0.25) is 5.91 Å². The number of amides is 2. The predicted octanol–water partition coefficient (Wildman–Crippen LogP) is 5.45. The van der Waals surface area contributed by atoms with E-state index in [9.17, 15) is 24.3 Å². The van der Waals surface area contributed by atoms with E-state index in [1.807, 2.05) is 37.3 Å². The third kappa shape index (κ3) is 7.06. The van der Waals surface area contributed by atoms with Crippen LogP contribution in [-0.4, -0.2) is 39.2 Å².